The van der Waals surface area contributed by atoms with Crippen LogP contribution < -0.4 is 0 Å². The van der Waals surface area contributed by atoms with Crippen molar-refractivity contribution in [3.8, 4) is 0 Å². The van der Waals surface area contributed by atoms with Crippen molar-refractivity contribution >= 4 is 11.9 Å². The molecular formula is C10H12F4O4. The molecule has 0 rings (SSSR count). The Morgan fingerprint density at radius 2 is 1.72 bits per heavy atom. The second-order valence-corrected chi connectivity index (χ2v) is 3.35. The molecule has 104 valence electrons. The third-order valence-corrected chi connectivity index (χ3v) is 1.61. The van der Waals surface area contributed by atoms with E-state index in [4.69, 9.17) is 0 Å². The highest BCUT2D eigenvalue weighted by molar-refractivity contribution is 5.86. The van der Waals surface area contributed by atoms with Gasteiger partial charge in [0, 0.05) is 5.57 Å². The van der Waals surface area contributed by atoms with Crippen LogP contribution in [0.4, 0.5) is 17.6 Å². The first-order valence-corrected chi connectivity index (χ1v) is 4.82. The summed E-state index contributed by atoms with van der Waals surface area (Å²) in [4.78, 5) is 21.5. The minimum absolute atomic E-state index is 0.0874. The van der Waals surface area contributed by atoms with Crippen LogP contribution in [0.5, 0.6) is 0 Å². The SMILES string of the molecule is C=C(C)C(=O)OCCOC(=O)C(F)(F)CC(F)F. The van der Waals surface area contributed by atoms with Crippen molar-refractivity contribution in [3.05, 3.63) is 12.2 Å². The first kappa shape index (κ1) is 16.4. The molecule has 0 unspecified atom stereocenters. The van der Waals surface area contributed by atoms with E-state index in [0.717, 1.165) is 0 Å². The number of esters is 2. The molecule has 8 heteroatoms. The molecule has 18 heavy (non-hydrogen) atoms. The summed E-state index contributed by atoms with van der Waals surface area (Å²) in [6.45, 7) is 3.52. The Kier molecular flexibility index (Phi) is 6.35. The quantitative estimate of drug-likeness (QED) is 0.307. The van der Waals surface area contributed by atoms with Gasteiger partial charge in [0.1, 0.15) is 13.2 Å². The van der Waals surface area contributed by atoms with E-state index in [9.17, 15) is 27.2 Å². The molecule has 0 aromatic rings. The number of hydrogen-bond donors (Lipinski definition) is 0. The molecule has 0 aliphatic carbocycles. The van der Waals surface area contributed by atoms with E-state index >= 15 is 0 Å². The molecule has 0 aliphatic heterocycles. The van der Waals surface area contributed by atoms with Crippen LogP contribution in [0.2, 0.25) is 0 Å². The topological polar surface area (TPSA) is 52.6 Å². The first-order chi connectivity index (χ1) is 8.16. The smallest absolute Gasteiger partial charge is 0.377 e. The van der Waals surface area contributed by atoms with Gasteiger partial charge < -0.3 is 9.47 Å². The molecular weight excluding hydrogens is 260 g/mol. The van der Waals surface area contributed by atoms with Gasteiger partial charge in [-0.15, -0.1) is 0 Å². The van der Waals surface area contributed by atoms with Crippen LogP contribution in [0.15, 0.2) is 12.2 Å². The molecule has 0 N–H and O–H groups in total. The van der Waals surface area contributed by atoms with Gasteiger partial charge in [-0.2, -0.15) is 8.78 Å². The summed E-state index contributed by atoms with van der Waals surface area (Å²) in [6.07, 6.45) is -5.23. The fraction of sp³-hybridized carbons (Fsp3) is 0.600. The average molecular weight is 272 g/mol. The molecule has 0 amide bonds. The number of halogens is 4. The van der Waals surface area contributed by atoms with Crippen molar-refractivity contribution in [2.75, 3.05) is 13.2 Å². The molecule has 0 aromatic carbocycles. The first-order valence-electron chi connectivity index (χ1n) is 4.82. The van der Waals surface area contributed by atoms with Crippen molar-refractivity contribution < 1.29 is 36.6 Å². The minimum Gasteiger partial charge on any atom is -0.459 e. The normalized spacial score (nSPS) is 11.2. The van der Waals surface area contributed by atoms with Gasteiger partial charge in [0.15, 0.2) is 0 Å². The summed E-state index contributed by atoms with van der Waals surface area (Å²) >= 11 is 0. The van der Waals surface area contributed by atoms with Crippen molar-refractivity contribution in [2.45, 2.75) is 25.7 Å². The predicted octanol–water partition coefficient (Wildman–Crippen LogP) is 1.94. The Morgan fingerprint density at radius 1 is 1.22 bits per heavy atom. The van der Waals surface area contributed by atoms with Gasteiger partial charge in [-0.1, -0.05) is 6.58 Å². The van der Waals surface area contributed by atoms with Crippen LogP contribution >= 0.6 is 0 Å². The molecule has 0 atom stereocenters. The molecule has 0 heterocycles. The third-order valence-electron chi connectivity index (χ3n) is 1.61. The summed E-state index contributed by atoms with van der Waals surface area (Å²) in [7, 11) is 0. The lowest BCUT2D eigenvalue weighted by molar-refractivity contribution is -0.179. The highest BCUT2D eigenvalue weighted by atomic mass is 19.3. The highest BCUT2D eigenvalue weighted by Crippen LogP contribution is 2.24. The number of carbonyl (C=O) groups excluding carboxylic acids is 2. The van der Waals surface area contributed by atoms with Crippen molar-refractivity contribution in [1.82, 2.24) is 0 Å². The maximum absolute atomic E-state index is 12.7. The molecule has 0 radical (unpaired) electrons. The van der Waals surface area contributed by atoms with Gasteiger partial charge >= 0.3 is 17.9 Å². The van der Waals surface area contributed by atoms with Gasteiger partial charge in [0.2, 0.25) is 6.43 Å². The average Bonchev–Trinajstić information content (AvgIpc) is 2.21. The Morgan fingerprint density at radius 3 is 2.17 bits per heavy atom. The summed E-state index contributed by atoms with van der Waals surface area (Å²) in [5.74, 6) is -7.11. The largest absolute Gasteiger partial charge is 0.459 e. The van der Waals surface area contributed by atoms with E-state index < -0.39 is 43.9 Å². The zero-order valence-electron chi connectivity index (χ0n) is 9.55. The summed E-state index contributed by atoms with van der Waals surface area (Å²) in [6, 6.07) is 0. The highest BCUT2D eigenvalue weighted by Gasteiger charge is 2.43. The van der Waals surface area contributed by atoms with Gasteiger partial charge in [-0.3, -0.25) is 0 Å². The second kappa shape index (κ2) is 6.97. The van der Waals surface area contributed by atoms with Crippen LogP contribution in [0.1, 0.15) is 13.3 Å². The van der Waals surface area contributed by atoms with E-state index in [1.807, 2.05) is 0 Å². The fourth-order valence-corrected chi connectivity index (χ4v) is 0.775. The summed E-state index contributed by atoms with van der Waals surface area (Å²) in [5, 5.41) is 0. The minimum atomic E-state index is -4.26. The Balaban J connectivity index is 3.97. The summed E-state index contributed by atoms with van der Waals surface area (Å²) in [5.41, 5.74) is 0.0874. The number of carbonyl (C=O) groups is 2. The molecule has 4 nitrogen and oxygen atoms in total. The monoisotopic (exact) mass is 272 g/mol. The van der Waals surface area contributed by atoms with E-state index in [2.05, 4.69) is 16.1 Å². The molecule has 0 aliphatic rings. The Bertz CT molecular complexity index is 328. The fourth-order valence-electron chi connectivity index (χ4n) is 0.775. The Hall–Kier alpha value is -1.60. The standard InChI is InChI=1S/C10H12F4O4/c1-6(2)8(15)17-3-4-18-9(16)10(13,14)5-7(11)12/h7H,1,3-5H2,2H3. The van der Waals surface area contributed by atoms with Crippen molar-refractivity contribution in [1.29, 1.82) is 0 Å². The van der Waals surface area contributed by atoms with Crippen LogP contribution in [-0.2, 0) is 19.1 Å². The van der Waals surface area contributed by atoms with Crippen molar-refractivity contribution in [2.24, 2.45) is 0 Å². The lowest BCUT2D eigenvalue weighted by Gasteiger charge is -2.14. The van der Waals surface area contributed by atoms with Crippen LogP contribution in [0, 0.1) is 0 Å². The number of alkyl halides is 4. The third kappa shape index (κ3) is 6.21. The van der Waals surface area contributed by atoms with Gasteiger partial charge in [-0.05, 0) is 6.92 Å². The number of ether oxygens (including phenoxy) is 2. The van der Waals surface area contributed by atoms with Gasteiger partial charge in [-0.25, -0.2) is 18.4 Å². The Labute approximate surface area is 101 Å². The number of hydrogen-bond acceptors (Lipinski definition) is 4. The van der Waals surface area contributed by atoms with Crippen LogP contribution in [0.25, 0.3) is 0 Å². The van der Waals surface area contributed by atoms with E-state index in [1.165, 1.54) is 6.92 Å². The molecule has 0 saturated carbocycles. The molecule has 0 aromatic heterocycles. The van der Waals surface area contributed by atoms with Crippen molar-refractivity contribution in [3.63, 3.8) is 0 Å². The van der Waals surface area contributed by atoms with Crippen LogP contribution in [-0.4, -0.2) is 37.5 Å². The zero-order chi connectivity index (χ0) is 14.3. The molecule has 0 fully saturated rings. The summed E-state index contributed by atoms with van der Waals surface area (Å²) < 4.78 is 57.3. The molecule has 0 saturated heterocycles. The van der Waals surface area contributed by atoms with E-state index in [0.29, 0.717) is 0 Å². The van der Waals surface area contributed by atoms with Gasteiger partial charge in [0.25, 0.3) is 0 Å². The maximum atomic E-state index is 12.7. The lowest BCUT2D eigenvalue weighted by Crippen LogP contribution is -2.33. The van der Waals surface area contributed by atoms with E-state index in [-0.39, 0.29) is 5.57 Å². The van der Waals surface area contributed by atoms with E-state index in [1.54, 1.807) is 0 Å². The number of rotatable bonds is 7. The second-order valence-electron chi connectivity index (χ2n) is 3.35. The lowest BCUT2D eigenvalue weighted by atomic mass is 10.2. The zero-order valence-corrected chi connectivity index (χ0v) is 9.55. The predicted molar refractivity (Wildman–Crippen MR) is 52.3 cm³/mol. The molecule has 0 bridgehead atoms. The van der Waals surface area contributed by atoms with Gasteiger partial charge in [0.05, 0.1) is 6.42 Å². The molecule has 0 spiro atoms. The maximum Gasteiger partial charge on any atom is 0.377 e. The van der Waals surface area contributed by atoms with Crippen LogP contribution in [0.3, 0.4) is 0 Å².